The molecule has 22 heavy (non-hydrogen) atoms. The number of rotatable bonds is 3. The number of hydrazine groups is 2. The zero-order valence-corrected chi connectivity index (χ0v) is 11.7. The van der Waals surface area contributed by atoms with Gasteiger partial charge in [-0.2, -0.15) is 0 Å². The van der Waals surface area contributed by atoms with Gasteiger partial charge in [-0.1, -0.05) is 0 Å². The van der Waals surface area contributed by atoms with Crippen LogP contribution >= 0.6 is 0 Å². The predicted molar refractivity (Wildman–Crippen MR) is 81.5 cm³/mol. The van der Waals surface area contributed by atoms with Gasteiger partial charge in [-0.15, -0.1) is 5.53 Å². The molecule has 4 rings (SSSR count). The maximum absolute atomic E-state index is 5.06. The van der Waals surface area contributed by atoms with Crippen LogP contribution in [0.2, 0.25) is 0 Å². The second-order valence-corrected chi connectivity index (χ2v) is 4.72. The molecule has 0 saturated carbocycles. The van der Waals surface area contributed by atoms with E-state index in [0.29, 0.717) is 5.88 Å². The van der Waals surface area contributed by atoms with Crippen molar-refractivity contribution in [2.24, 2.45) is 0 Å². The minimum absolute atomic E-state index is 0.579. The summed E-state index contributed by atoms with van der Waals surface area (Å²) in [4.78, 5) is 13.0. The molecule has 0 amide bonds. The molecule has 3 N–H and O–H groups in total. The Kier molecular flexibility index (Phi) is 2.87. The van der Waals surface area contributed by atoms with E-state index in [1.165, 1.54) is 0 Å². The number of ether oxygens (including phenoxy) is 1. The standard InChI is InChI=1S/C14H13N7O/c1-22-14-3-2-9(5-16-14)21-7-13(17-8-21)10-4-11-12(6-15-10)19-20-18-11/h2-8,18-20H,1H3. The highest BCUT2D eigenvalue weighted by Gasteiger charge is 2.12. The quantitative estimate of drug-likeness (QED) is 0.676. The van der Waals surface area contributed by atoms with Crippen LogP contribution in [0.1, 0.15) is 0 Å². The lowest BCUT2D eigenvalue weighted by atomic mass is 10.2. The van der Waals surface area contributed by atoms with Crippen molar-refractivity contribution in [3.05, 3.63) is 43.1 Å². The van der Waals surface area contributed by atoms with Gasteiger partial charge in [0.2, 0.25) is 5.88 Å². The van der Waals surface area contributed by atoms with E-state index in [1.807, 2.05) is 29.0 Å². The van der Waals surface area contributed by atoms with Gasteiger partial charge in [-0.05, 0) is 12.1 Å². The van der Waals surface area contributed by atoms with Crippen molar-refractivity contribution in [1.29, 1.82) is 0 Å². The smallest absolute Gasteiger partial charge is 0.213 e. The number of anilines is 2. The largest absolute Gasteiger partial charge is 0.481 e. The molecule has 8 nitrogen and oxygen atoms in total. The highest BCUT2D eigenvalue weighted by Crippen LogP contribution is 2.27. The second-order valence-electron chi connectivity index (χ2n) is 4.72. The van der Waals surface area contributed by atoms with Gasteiger partial charge in [0.05, 0.1) is 42.3 Å². The summed E-state index contributed by atoms with van der Waals surface area (Å²) >= 11 is 0. The summed E-state index contributed by atoms with van der Waals surface area (Å²) in [6, 6.07) is 5.66. The third-order valence-electron chi connectivity index (χ3n) is 3.37. The van der Waals surface area contributed by atoms with Gasteiger partial charge < -0.3 is 20.2 Å². The molecule has 0 fully saturated rings. The summed E-state index contributed by atoms with van der Waals surface area (Å²) < 4.78 is 6.95. The van der Waals surface area contributed by atoms with Crippen LogP contribution in [0.3, 0.4) is 0 Å². The molecule has 0 radical (unpaired) electrons. The first-order valence-electron chi connectivity index (χ1n) is 6.65. The molecule has 0 unspecified atom stereocenters. The van der Waals surface area contributed by atoms with Gasteiger partial charge in [0, 0.05) is 12.3 Å². The molecule has 0 spiro atoms. The third-order valence-corrected chi connectivity index (χ3v) is 3.37. The number of nitrogens with zero attached hydrogens (tertiary/aromatic N) is 4. The van der Waals surface area contributed by atoms with E-state index in [4.69, 9.17) is 4.74 Å². The first kappa shape index (κ1) is 12.6. The summed E-state index contributed by atoms with van der Waals surface area (Å²) in [6.45, 7) is 0. The van der Waals surface area contributed by atoms with Crippen LogP contribution in [-0.2, 0) is 0 Å². The number of nitrogens with one attached hydrogen (secondary N) is 3. The van der Waals surface area contributed by atoms with E-state index in [0.717, 1.165) is 28.5 Å². The fourth-order valence-electron chi connectivity index (χ4n) is 2.21. The molecule has 0 bridgehead atoms. The fourth-order valence-corrected chi connectivity index (χ4v) is 2.21. The van der Waals surface area contributed by atoms with E-state index in [2.05, 4.69) is 31.3 Å². The van der Waals surface area contributed by atoms with Crippen LogP contribution in [0.15, 0.2) is 43.1 Å². The van der Waals surface area contributed by atoms with Gasteiger partial charge >= 0.3 is 0 Å². The van der Waals surface area contributed by atoms with Crippen LogP contribution in [-0.4, -0.2) is 26.6 Å². The highest BCUT2D eigenvalue weighted by atomic mass is 16.5. The van der Waals surface area contributed by atoms with Crippen LogP contribution in [0.4, 0.5) is 11.4 Å². The summed E-state index contributed by atoms with van der Waals surface area (Å²) in [5.74, 6) is 0.579. The molecule has 0 saturated heterocycles. The summed E-state index contributed by atoms with van der Waals surface area (Å²) in [6.07, 6.45) is 7.13. The SMILES string of the molecule is COc1ccc(-n2cnc(-c3cc4c(cn3)NNN4)c2)cn1. The van der Waals surface area contributed by atoms with Crippen molar-refractivity contribution >= 4 is 11.4 Å². The lowest BCUT2D eigenvalue weighted by Gasteiger charge is -2.02. The van der Waals surface area contributed by atoms with Crippen molar-refractivity contribution < 1.29 is 4.74 Å². The summed E-state index contributed by atoms with van der Waals surface area (Å²) in [7, 11) is 1.59. The maximum atomic E-state index is 5.06. The Bertz CT molecular complexity index is 812. The molecule has 0 aromatic carbocycles. The average Bonchev–Trinajstić information content (AvgIpc) is 3.23. The fraction of sp³-hybridized carbons (Fsp3) is 0.0714. The van der Waals surface area contributed by atoms with E-state index in [-0.39, 0.29) is 0 Å². The Morgan fingerprint density at radius 2 is 1.91 bits per heavy atom. The second kappa shape index (κ2) is 5.01. The molecular formula is C14H13N7O. The Morgan fingerprint density at radius 3 is 2.73 bits per heavy atom. The van der Waals surface area contributed by atoms with Gasteiger partial charge in [-0.25, -0.2) is 9.97 Å². The number of hydrogen-bond donors (Lipinski definition) is 3. The van der Waals surface area contributed by atoms with Crippen molar-refractivity contribution in [3.8, 4) is 23.0 Å². The lowest BCUT2D eigenvalue weighted by molar-refractivity contribution is 0.398. The number of aromatic nitrogens is 4. The Labute approximate surface area is 126 Å². The molecule has 110 valence electrons. The van der Waals surface area contributed by atoms with Crippen LogP contribution in [0.25, 0.3) is 17.1 Å². The lowest BCUT2D eigenvalue weighted by Crippen LogP contribution is -2.19. The minimum atomic E-state index is 0.579. The van der Waals surface area contributed by atoms with Gasteiger partial charge in [0.1, 0.15) is 12.0 Å². The van der Waals surface area contributed by atoms with Crippen LogP contribution in [0.5, 0.6) is 5.88 Å². The van der Waals surface area contributed by atoms with E-state index >= 15 is 0 Å². The Morgan fingerprint density at radius 1 is 1.00 bits per heavy atom. The summed E-state index contributed by atoms with van der Waals surface area (Å²) in [5.41, 5.74) is 13.1. The zero-order valence-electron chi connectivity index (χ0n) is 11.7. The predicted octanol–water partition coefficient (Wildman–Crippen LogP) is 1.59. The highest BCUT2D eigenvalue weighted by molar-refractivity contribution is 5.75. The minimum Gasteiger partial charge on any atom is -0.481 e. The summed E-state index contributed by atoms with van der Waals surface area (Å²) in [5, 5.41) is 0. The van der Waals surface area contributed by atoms with Crippen LogP contribution in [0, 0.1) is 0 Å². The Balaban J connectivity index is 1.65. The maximum Gasteiger partial charge on any atom is 0.213 e. The molecule has 0 aliphatic carbocycles. The molecule has 8 heteroatoms. The monoisotopic (exact) mass is 295 g/mol. The first-order valence-corrected chi connectivity index (χ1v) is 6.65. The number of methoxy groups -OCH3 is 1. The van der Waals surface area contributed by atoms with E-state index in [9.17, 15) is 0 Å². The molecule has 4 heterocycles. The molecule has 1 aliphatic heterocycles. The topological polar surface area (TPSA) is 88.9 Å². The van der Waals surface area contributed by atoms with Crippen molar-refractivity contribution in [2.75, 3.05) is 18.0 Å². The van der Waals surface area contributed by atoms with Crippen LogP contribution < -0.4 is 21.1 Å². The number of pyridine rings is 2. The van der Waals surface area contributed by atoms with Gasteiger partial charge in [0.15, 0.2) is 0 Å². The molecule has 1 aliphatic rings. The number of imidazole rings is 1. The van der Waals surface area contributed by atoms with Crippen molar-refractivity contribution in [1.82, 2.24) is 25.1 Å². The molecule has 0 atom stereocenters. The van der Waals surface area contributed by atoms with Gasteiger partial charge in [-0.3, -0.25) is 4.98 Å². The molecule has 3 aromatic heterocycles. The molecular weight excluding hydrogens is 282 g/mol. The third kappa shape index (κ3) is 2.11. The van der Waals surface area contributed by atoms with E-state index < -0.39 is 0 Å². The average molecular weight is 295 g/mol. The van der Waals surface area contributed by atoms with E-state index in [1.54, 1.807) is 25.8 Å². The first-order chi connectivity index (χ1) is 10.8. The van der Waals surface area contributed by atoms with Crippen molar-refractivity contribution in [3.63, 3.8) is 0 Å². The number of fused-ring (bicyclic) bond motifs is 1. The Hall–Kier alpha value is -3.13. The number of hydrogen-bond acceptors (Lipinski definition) is 7. The zero-order chi connectivity index (χ0) is 14.9. The normalized spacial score (nSPS) is 12.4. The molecule has 3 aromatic rings. The van der Waals surface area contributed by atoms with Gasteiger partial charge in [0.25, 0.3) is 0 Å². The van der Waals surface area contributed by atoms with Crippen molar-refractivity contribution in [2.45, 2.75) is 0 Å².